The molecule has 27 heavy (non-hydrogen) atoms. The van der Waals surface area contributed by atoms with Gasteiger partial charge in [-0.05, 0) is 24.8 Å². The largest absolute Gasteiger partial charge is 0.435 e. The average Bonchev–Trinajstić information content (AvgIpc) is 2.62. The van der Waals surface area contributed by atoms with Gasteiger partial charge in [-0.3, -0.25) is 4.79 Å². The number of halogens is 3. The van der Waals surface area contributed by atoms with E-state index in [0.29, 0.717) is 11.9 Å². The zero-order valence-electron chi connectivity index (χ0n) is 14.1. The molecule has 1 atom stereocenters. The van der Waals surface area contributed by atoms with Crippen molar-refractivity contribution in [3.8, 4) is 5.88 Å². The summed E-state index contributed by atoms with van der Waals surface area (Å²) in [4.78, 5) is 27.7. The van der Waals surface area contributed by atoms with E-state index < -0.39 is 24.6 Å². The van der Waals surface area contributed by atoms with Crippen molar-refractivity contribution in [3.05, 3.63) is 30.5 Å². The molecule has 144 valence electrons. The molecule has 0 aromatic carbocycles. The summed E-state index contributed by atoms with van der Waals surface area (Å²) in [5.74, 6) is -0.299. The summed E-state index contributed by atoms with van der Waals surface area (Å²) in [6.45, 7) is 0.723. The molecule has 1 aliphatic carbocycles. The number of alkyl halides is 3. The molecule has 0 bridgehead atoms. The van der Waals surface area contributed by atoms with E-state index >= 15 is 0 Å². The third kappa shape index (κ3) is 5.02. The van der Waals surface area contributed by atoms with Crippen LogP contribution in [0.4, 0.5) is 24.8 Å². The van der Waals surface area contributed by atoms with Gasteiger partial charge in [-0.2, -0.15) is 9.37 Å². The summed E-state index contributed by atoms with van der Waals surface area (Å²) in [5, 5.41) is 5.44. The van der Waals surface area contributed by atoms with Crippen molar-refractivity contribution in [1.29, 1.82) is 0 Å². The number of carbonyl (C=O) groups excluding carboxylic acids is 1. The molecule has 2 N–H and O–H groups in total. The molecule has 1 unspecified atom stereocenters. The number of nitrogens with one attached hydrogen (secondary N) is 2. The number of nitrogens with zero attached hydrogens (tertiary/aromatic N) is 4. The molecule has 1 aliphatic rings. The summed E-state index contributed by atoms with van der Waals surface area (Å²) in [6.07, 6.45) is 0.789. The van der Waals surface area contributed by atoms with Crippen LogP contribution in [0.5, 0.6) is 5.88 Å². The van der Waals surface area contributed by atoms with Crippen LogP contribution in [0.3, 0.4) is 0 Å². The maximum absolute atomic E-state index is 13.1. The van der Waals surface area contributed by atoms with Crippen molar-refractivity contribution in [1.82, 2.24) is 19.9 Å². The van der Waals surface area contributed by atoms with Gasteiger partial charge in [0.2, 0.25) is 11.8 Å². The van der Waals surface area contributed by atoms with E-state index in [-0.39, 0.29) is 11.4 Å². The van der Waals surface area contributed by atoms with Gasteiger partial charge in [-0.25, -0.2) is 23.7 Å². The standard InChI is InChI=1S/C16H17F3N6O2/c17-12(18)13(19)27-15-11(7-20-8-23-15)24-14(26)10-4-5-21-16(25-10)22-6-9-2-1-3-9/h4-5,7-9,12-13H,1-3,6H2,(H,24,26)(H,21,22,25). The number of anilines is 2. The van der Waals surface area contributed by atoms with Crippen molar-refractivity contribution < 1.29 is 22.7 Å². The number of hydrogen-bond acceptors (Lipinski definition) is 7. The first-order chi connectivity index (χ1) is 13.0. The first-order valence-electron chi connectivity index (χ1n) is 8.30. The van der Waals surface area contributed by atoms with E-state index in [9.17, 15) is 18.0 Å². The predicted octanol–water partition coefficient (Wildman–Crippen LogP) is 2.67. The highest BCUT2D eigenvalue weighted by Gasteiger charge is 2.24. The highest BCUT2D eigenvalue weighted by molar-refractivity contribution is 6.03. The molecule has 1 fully saturated rings. The average molecular weight is 382 g/mol. The molecule has 8 nitrogen and oxygen atoms in total. The molecule has 11 heteroatoms. The summed E-state index contributed by atoms with van der Waals surface area (Å²) in [6, 6.07) is 1.38. The Kier molecular flexibility index (Phi) is 5.99. The molecule has 0 spiro atoms. The number of rotatable bonds is 8. The monoisotopic (exact) mass is 382 g/mol. The molecule has 2 aromatic heterocycles. The fraction of sp³-hybridized carbons (Fsp3) is 0.438. The van der Waals surface area contributed by atoms with Crippen molar-refractivity contribution in [3.63, 3.8) is 0 Å². The second-order valence-corrected chi connectivity index (χ2v) is 5.94. The quantitative estimate of drug-likeness (QED) is 0.724. The lowest BCUT2D eigenvalue weighted by Crippen LogP contribution is -2.23. The number of amides is 1. The SMILES string of the molecule is O=C(Nc1cncnc1OC(F)C(F)F)c1ccnc(NCC2CCC2)n1. The van der Waals surface area contributed by atoms with Crippen LogP contribution in [-0.2, 0) is 0 Å². The minimum Gasteiger partial charge on any atom is -0.435 e. The predicted molar refractivity (Wildman–Crippen MR) is 89.4 cm³/mol. The summed E-state index contributed by atoms with van der Waals surface area (Å²) in [7, 11) is 0. The van der Waals surface area contributed by atoms with Crippen LogP contribution in [-0.4, -0.2) is 45.2 Å². The van der Waals surface area contributed by atoms with Crippen molar-refractivity contribution in [2.45, 2.75) is 32.0 Å². The van der Waals surface area contributed by atoms with Crippen molar-refractivity contribution in [2.75, 3.05) is 17.2 Å². The molecule has 1 amide bonds. The number of aromatic nitrogens is 4. The lowest BCUT2D eigenvalue weighted by atomic mass is 9.85. The van der Waals surface area contributed by atoms with E-state index in [4.69, 9.17) is 0 Å². The molecular formula is C16H17F3N6O2. The third-order valence-corrected chi connectivity index (χ3v) is 4.01. The lowest BCUT2D eigenvalue weighted by Gasteiger charge is -2.25. The van der Waals surface area contributed by atoms with E-state index in [1.807, 2.05) is 0 Å². The topological polar surface area (TPSA) is 102 Å². The Morgan fingerprint density at radius 2 is 2.11 bits per heavy atom. The van der Waals surface area contributed by atoms with Gasteiger partial charge in [0.05, 0.1) is 6.20 Å². The Labute approximate surface area is 152 Å². The Balaban J connectivity index is 1.66. The molecule has 0 aliphatic heterocycles. The van der Waals surface area contributed by atoms with Gasteiger partial charge in [-0.15, -0.1) is 0 Å². The minimum atomic E-state index is -3.35. The van der Waals surface area contributed by atoms with Gasteiger partial charge >= 0.3 is 6.43 Å². The van der Waals surface area contributed by atoms with Crippen LogP contribution in [0.25, 0.3) is 0 Å². The highest BCUT2D eigenvalue weighted by Crippen LogP contribution is 2.26. The molecule has 2 heterocycles. The van der Waals surface area contributed by atoms with Gasteiger partial charge < -0.3 is 15.4 Å². The fourth-order valence-corrected chi connectivity index (χ4v) is 2.35. The Bertz CT molecular complexity index is 790. The zero-order chi connectivity index (χ0) is 19.2. The smallest absolute Gasteiger partial charge is 0.304 e. The maximum atomic E-state index is 13.1. The van der Waals surface area contributed by atoms with E-state index in [1.165, 1.54) is 18.7 Å². The Morgan fingerprint density at radius 1 is 1.30 bits per heavy atom. The van der Waals surface area contributed by atoms with Crippen LogP contribution < -0.4 is 15.4 Å². The first kappa shape index (κ1) is 18.8. The molecule has 3 rings (SSSR count). The van der Waals surface area contributed by atoms with Crippen LogP contribution in [0.1, 0.15) is 29.8 Å². The van der Waals surface area contributed by atoms with Gasteiger partial charge in [0.15, 0.2) is 0 Å². The lowest BCUT2D eigenvalue weighted by molar-refractivity contribution is -0.0687. The first-order valence-corrected chi connectivity index (χ1v) is 8.30. The van der Waals surface area contributed by atoms with E-state index in [2.05, 4.69) is 35.3 Å². The summed E-state index contributed by atoms with van der Waals surface area (Å²) >= 11 is 0. The van der Waals surface area contributed by atoms with Gasteiger partial charge in [-0.1, -0.05) is 6.42 Å². The van der Waals surface area contributed by atoms with Crippen LogP contribution >= 0.6 is 0 Å². The van der Waals surface area contributed by atoms with Crippen molar-refractivity contribution in [2.24, 2.45) is 5.92 Å². The van der Waals surface area contributed by atoms with Crippen LogP contribution in [0.15, 0.2) is 24.8 Å². The van der Waals surface area contributed by atoms with Crippen LogP contribution in [0.2, 0.25) is 0 Å². The van der Waals surface area contributed by atoms with Crippen LogP contribution in [0, 0.1) is 5.92 Å². The highest BCUT2D eigenvalue weighted by atomic mass is 19.3. The second kappa shape index (κ2) is 8.60. The zero-order valence-corrected chi connectivity index (χ0v) is 14.1. The minimum absolute atomic E-state index is 0.0292. The Morgan fingerprint density at radius 3 is 2.81 bits per heavy atom. The maximum Gasteiger partial charge on any atom is 0.304 e. The van der Waals surface area contributed by atoms with Gasteiger partial charge in [0, 0.05) is 12.7 Å². The van der Waals surface area contributed by atoms with E-state index in [0.717, 1.165) is 31.9 Å². The normalized spacial score (nSPS) is 15.1. The number of hydrogen-bond donors (Lipinski definition) is 2. The molecule has 1 saturated carbocycles. The van der Waals surface area contributed by atoms with Gasteiger partial charge in [0.1, 0.15) is 17.7 Å². The number of ether oxygens (including phenoxy) is 1. The third-order valence-electron chi connectivity index (χ3n) is 4.01. The molecule has 2 aromatic rings. The number of carbonyl (C=O) groups is 1. The second-order valence-electron chi connectivity index (χ2n) is 5.94. The molecular weight excluding hydrogens is 365 g/mol. The fourth-order valence-electron chi connectivity index (χ4n) is 2.35. The summed E-state index contributed by atoms with van der Waals surface area (Å²) < 4.78 is 42.2. The Hall–Kier alpha value is -2.98. The van der Waals surface area contributed by atoms with E-state index in [1.54, 1.807) is 0 Å². The molecule has 0 saturated heterocycles. The van der Waals surface area contributed by atoms with Crippen molar-refractivity contribution >= 4 is 17.5 Å². The van der Waals surface area contributed by atoms with Gasteiger partial charge in [0.25, 0.3) is 12.3 Å². The molecule has 0 radical (unpaired) electrons. The summed E-state index contributed by atoms with van der Waals surface area (Å²) in [5.41, 5.74) is -0.130.